The van der Waals surface area contributed by atoms with Gasteiger partial charge in [0.15, 0.2) is 6.10 Å². The van der Waals surface area contributed by atoms with Crippen LogP contribution in [-0.4, -0.2) is 68.8 Å². The Morgan fingerprint density at radius 1 is 1.23 bits per heavy atom. The highest BCUT2D eigenvalue weighted by molar-refractivity contribution is 7.82. The van der Waals surface area contributed by atoms with Crippen LogP contribution in [0, 0.1) is 0 Å². The Labute approximate surface area is 131 Å². The number of aliphatic hydroxyl groups excluding tert-OH is 3. The van der Waals surface area contributed by atoms with Crippen molar-refractivity contribution in [3.63, 3.8) is 0 Å². The third-order valence-corrected chi connectivity index (χ3v) is 2.16. The molecule has 3 N–H and O–H groups in total. The van der Waals surface area contributed by atoms with Crippen molar-refractivity contribution in [1.82, 2.24) is 0 Å². The van der Waals surface area contributed by atoms with Crippen LogP contribution in [0.1, 0.15) is 20.8 Å². The van der Waals surface area contributed by atoms with E-state index in [0.717, 1.165) is 19.3 Å². The zero-order valence-corrected chi connectivity index (χ0v) is 13.9. The van der Waals surface area contributed by atoms with Crippen LogP contribution in [0.4, 0.5) is 0 Å². The van der Waals surface area contributed by atoms with Gasteiger partial charge in [-0.3, -0.25) is 0 Å². The fraction of sp³-hybridized carbons (Fsp3) is 0.750. The molecule has 0 spiro atoms. The van der Waals surface area contributed by atoms with Crippen LogP contribution in [0.15, 0.2) is 12.7 Å². The fourth-order valence-corrected chi connectivity index (χ4v) is 1.21. The second-order valence-corrected chi connectivity index (χ2v) is 4.40. The van der Waals surface area contributed by atoms with E-state index in [1.807, 2.05) is 13.8 Å². The Morgan fingerprint density at radius 3 is 1.95 bits per heavy atom. The lowest BCUT2D eigenvalue weighted by atomic mass is 10.4. The summed E-state index contributed by atoms with van der Waals surface area (Å²) < 4.78 is 34.1. The molecule has 0 amide bonds. The van der Waals surface area contributed by atoms with E-state index in [2.05, 4.69) is 14.9 Å². The second kappa shape index (κ2) is 18.0. The molecule has 0 saturated carbocycles. The summed E-state index contributed by atoms with van der Waals surface area (Å²) in [7, 11) is -4.49. The molecule has 1 atom stereocenters. The van der Waals surface area contributed by atoms with E-state index in [0.29, 0.717) is 0 Å². The van der Waals surface area contributed by atoms with Crippen LogP contribution in [0.3, 0.4) is 0 Å². The first-order valence-corrected chi connectivity index (χ1v) is 7.80. The Bertz CT molecular complexity index is 352. The Balaban J connectivity index is -0.000000373. The molecule has 0 radical (unpaired) electrons. The summed E-state index contributed by atoms with van der Waals surface area (Å²) in [4.78, 5) is 10.6. The molecule has 0 saturated heterocycles. The van der Waals surface area contributed by atoms with Crippen molar-refractivity contribution < 1.29 is 41.6 Å². The average molecular weight is 346 g/mol. The number of carbonyl (C=O) groups excluding carboxylic acids is 1. The number of ether oxygens (including phenoxy) is 1. The van der Waals surface area contributed by atoms with Gasteiger partial charge in [-0.15, -0.1) is 6.58 Å². The van der Waals surface area contributed by atoms with E-state index in [4.69, 9.17) is 20.1 Å². The number of hydrogen-bond donors (Lipinski definition) is 3. The predicted octanol–water partition coefficient (Wildman–Crippen LogP) is -0.628. The number of rotatable bonds is 8. The van der Waals surface area contributed by atoms with Gasteiger partial charge in [0.25, 0.3) is 0 Å². The Hall–Kier alpha value is -1.04. The third-order valence-electron chi connectivity index (χ3n) is 1.37. The van der Waals surface area contributed by atoms with Crippen LogP contribution in [-0.2, 0) is 28.3 Å². The number of aliphatic hydroxyl groups is 3. The van der Waals surface area contributed by atoms with Crippen LogP contribution in [0.25, 0.3) is 0 Å². The van der Waals surface area contributed by atoms with Crippen molar-refractivity contribution in [3.8, 4) is 0 Å². The van der Waals surface area contributed by atoms with E-state index in [9.17, 15) is 13.2 Å². The van der Waals surface area contributed by atoms with Gasteiger partial charge in [-0.05, 0) is 20.8 Å². The van der Waals surface area contributed by atoms with Crippen LogP contribution >= 0.6 is 0 Å². The molecule has 0 bridgehead atoms. The summed E-state index contributed by atoms with van der Waals surface area (Å²) in [5, 5.41) is 24.5. The normalized spacial score (nSPS) is 11.2. The van der Waals surface area contributed by atoms with Gasteiger partial charge in [0.05, 0.1) is 13.2 Å². The molecule has 0 aliphatic carbocycles. The highest BCUT2D eigenvalue weighted by Crippen LogP contribution is 1.99. The molecular formula is C12H26O9S. The molecule has 9 nitrogen and oxygen atoms in total. The maximum atomic E-state index is 10.7. The highest BCUT2D eigenvalue weighted by atomic mass is 32.3. The van der Waals surface area contributed by atoms with Gasteiger partial charge in [-0.25, -0.2) is 8.98 Å². The predicted molar refractivity (Wildman–Crippen MR) is 79.2 cm³/mol. The first kappa shape index (κ1) is 25.9. The van der Waals surface area contributed by atoms with Crippen LogP contribution < -0.4 is 0 Å². The van der Waals surface area contributed by atoms with E-state index in [1.165, 1.54) is 0 Å². The van der Waals surface area contributed by atoms with Crippen molar-refractivity contribution in [2.75, 3.05) is 33.0 Å². The van der Waals surface area contributed by atoms with Crippen molar-refractivity contribution in [2.24, 2.45) is 0 Å². The van der Waals surface area contributed by atoms with Gasteiger partial charge >= 0.3 is 16.4 Å². The lowest BCUT2D eigenvalue weighted by Crippen LogP contribution is -2.29. The summed E-state index contributed by atoms with van der Waals surface area (Å²) in [6.07, 6.45) is -0.773. The summed E-state index contributed by atoms with van der Waals surface area (Å²) in [5.74, 6) is -1.50. The standard InChI is InChI=1S/C6H10O7S.C4H10O.C2H6O/c1-2-3-12-14(10,11)13-6(9)5(8)4-7;1-3-5-4-2;1-2-3/h2,5,7-8H,1,3-4H2;3-4H2,1-2H3;3H,2H2,1H3. The smallest absolute Gasteiger partial charge is 0.397 e. The van der Waals surface area contributed by atoms with Crippen molar-refractivity contribution >= 4 is 16.4 Å². The molecule has 0 aromatic carbocycles. The van der Waals surface area contributed by atoms with Crippen LogP contribution in [0.2, 0.25) is 0 Å². The van der Waals surface area contributed by atoms with Gasteiger partial charge in [0, 0.05) is 19.8 Å². The molecule has 0 aromatic heterocycles. The zero-order valence-electron chi connectivity index (χ0n) is 13.1. The molecule has 0 aromatic rings. The molecule has 0 rings (SSSR count). The summed E-state index contributed by atoms with van der Waals surface area (Å²) in [5.41, 5.74) is 0. The number of hydrogen-bond acceptors (Lipinski definition) is 9. The molecule has 10 heteroatoms. The minimum absolute atomic E-state index is 0.250. The molecule has 1 unspecified atom stereocenters. The van der Waals surface area contributed by atoms with Gasteiger partial charge in [-0.1, -0.05) is 6.08 Å². The van der Waals surface area contributed by atoms with Gasteiger partial charge in [0.2, 0.25) is 0 Å². The largest absolute Gasteiger partial charge is 0.451 e. The first-order chi connectivity index (χ1) is 10.3. The number of carbonyl (C=O) groups is 1. The average Bonchev–Trinajstić information content (AvgIpc) is 2.46. The molecular weight excluding hydrogens is 320 g/mol. The summed E-state index contributed by atoms with van der Waals surface area (Å²) >= 11 is 0. The SMILES string of the molecule is C=CCOS(=O)(=O)OC(=O)C(O)CO.CCO.CCOCC. The molecule has 22 heavy (non-hydrogen) atoms. The lowest BCUT2D eigenvalue weighted by Gasteiger charge is -2.06. The molecule has 0 heterocycles. The van der Waals surface area contributed by atoms with Crippen molar-refractivity contribution in [3.05, 3.63) is 12.7 Å². The van der Waals surface area contributed by atoms with Gasteiger partial charge in [-0.2, -0.15) is 8.42 Å². The monoisotopic (exact) mass is 346 g/mol. The quantitative estimate of drug-likeness (QED) is 0.490. The minimum Gasteiger partial charge on any atom is -0.397 e. The van der Waals surface area contributed by atoms with E-state index >= 15 is 0 Å². The lowest BCUT2D eigenvalue weighted by molar-refractivity contribution is -0.145. The van der Waals surface area contributed by atoms with Gasteiger partial charge in [0.1, 0.15) is 0 Å². The van der Waals surface area contributed by atoms with Crippen molar-refractivity contribution in [1.29, 1.82) is 0 Å². The molecule has 0 aliphatic heterocycles. The second-order valence-electron chi connectivity index (χ2n) is 3.18. The Morgan fingerprint density at radius 2 is 1.68 bits per heavy atom. The van der Waals surface area contributed by atoms with E-state index < -0.39 is 29.1 Å². The summed E-state index contributed by atoms with van der Waals surface area (Å²) in [6, 6.07) is 0. The highest BCUT2D eigenvalue weighted by Gasteiger charge is 2.23. The first-order valence-electron chi connectivity index (χ1n) is 6.47. The minimum atomic E-state index is -4.49. The van der Waals surface area contributed by atoms with E-state index in [1.54, 1.807) is 6.92 Å². The maximum absolute atomic E-state index is 10.7. The van der Waals surface area contributed by atoms with Crippen LogP contribution in [0.5, 0.6) is 0 Å². The van der Waals surface area contributed by atoms with Crippen molar-refractivity contribution in [2.45, 2.75) is 26.9 Å². The fourth-order valence-electron chi connectivity index (χ4n) is 0.590. The zero-order chi connectivity index (χ0) is 18.0. The van der Waals surface area contributed by atoms with Gasteiger partial charge < -0.3 is 24.2 Å². The third kappa shape index (κ3) is 21.3. The molecule has 0 aliphatic rings. The molecule has 134 valence electrons. The van der Waals surface area contributed by atoms with E-state index in [-0.39, 0.29) is 13.2 Å². The maximum Gasteiger partial charge on any atom is 0.451 e. The topological polar surface area (TPSA) is 140 Å². The summed E-state index contributed by atoms with van der Waals surface area (Å²) in [6.45, 7) is 9.48. The Kier molecular flexibility index (Phi) is 21.2. The molecule has 0 fully saturated rings.